The van der Waals surface area contributed by atoms with Crippen molar-refractivity contribution in [2.45, 2.75) is 18.9 Å². The Kier molecular flexibility index (Phi) is 5.81. The van der Waals surface area contributed by atoms with Gasteiger partial charge in [-0.1, -0.05) is 18.2 Å². The number of para-hydroxylation sites is 1. The van der Waals surface area contributed by atoms with E-state index >= 15 is 0 Å². The van der Waals surface area contributed by atoms with E-state index in [0.717, 1.165) is 6.26 Å². The van der Waals surface area contributed by atoms with Crippen LogP contribution in [0.4, 0.5) is 5.82 Å². The lowest BCUT2D eigenvalue weighted by Crippen LogP contribution is -2.55. The maximum atomic E-state index is 13.0. The molecular weight excluding hydrogens is 368 g/mol. The fourth-order valence-corrected chi connectivity index (χ4v) is 4.37. The molecule has 8 nitrogen and oxygen atoms in total. The molecule has 27 heavy (non-hydrogen) atoms. The summed E-state index contributed by atoms with van der Waals surface area (Å²) in [6, 6.07) is 10.2. The maximum Gasteiger partial charge on any atom is 0.246 e. The topological polar surface area (TPSA) is 84.7 Å². The van der Waals surface area contributed by atoms with Crippen LogP contribution in [0.3, 0.4) is 0 Å². The fourth-order valence-electron chi connectivity index (χ4n) is 3.31. The minimum absolute atomic E-state index is 0.114. The molecule has 146 valence electrons. The number of ether oxygens (including phenoxy) is 1. The Morgan fingerprint density at radius 3 is 2.63 bits per heavy atom. The van der Waals surface area contributed by atoms with Gasteiger partial charge in [0.25, 0.3) is 0 Å². The Labute approximate surface area is 159 Å². The molecule has 1 atom stereocenters. The Balaban J connectivity index is 1.74. The van der Waals surface area contributed by atoms with Gasteiger partial charge in [-0.3, -0.25) is 14.4 Å². The number of aryl methyl sites for hydroxylation is 1. The quantitative estimate of drug-likeness (QED) is 0.708. The van der Waals surface area contributed by atoms with Crippen LogP contribution in [0.1, 0.15) is 12.8 Å². The van der Waals surface area contributed by atoms with E-state index in [1.807, 2.05) is 18.2 Å². The Morgan fingerprint density at radius 1 is 1.26 bits per heavy atom. The largest absolute Gasteiger partial charge is 0.492 e. The van der Waals surface area contributed by atoms with Crippen molar-refractivity contribution in [2.75, 3.05) is 30.9 Å². The number of aromatic nitrogens is 2. The van der Waals surface area contributed by atoms with Crippen LogP contribution in [0.2, 0.25) is 0 Å². The molecule has 0 bridgehead atoms. The monoisotopic (exact) mass is 392 g/mol. The molecule has 0 aliphatic carbocycles. The van der Waals surface area contributed by atoms with Crippen molar-refractivity contribution in [1.29, 1.82) is 0 Å². The molecule has 3 rings (SSSR count). The average molecular weight is 392 g/mol. The lowest BCUT2D eigenvalue weighted by atomic mass is 10.0. The molecule has 1 aromatic heterocycles. The summed E-state index contributed by atoms with van der Waals surface area (Å²) in [7, 11) is -1.81. The van der Waals surface area contributed by atoms with Crippen molar-refractivity contribution in [3.05, 3.63) is 42.6 Å². The summed E-state index contributed by atoms with van der Waals surface area (Å²) in [4.78, 5) is 14.6. The molecule has 2 aromatic rings. The summed E-state index contributed by atoms with van der Waals surface area (Å²) in [5.74, 6) is 1.10. The van der Waals surface area contributed by atoms with E-state index in [0.29, 0.717) is 31.0 Å². The van der Waals surface area contributed by atoms with E-state index in [-0.39, 0.29) is 19.1 Å². The zero-order chi connectivity index (χ0) is 19.4. The highest BCUT2D eigenvalue weighted by Gasteiger charge is 2.38. The van der Waals surface area contributed by atoms with Crippen LogP contribution in [-0.2, 0) is 21.9 Å². The minimum Gasteiger partial charge on any atom is -0.492 e. The van der Waals surface area contributed by atoms with Gasteiger partial charge in [0.15, 0.2) is 0 Å². The molecular formula is C18H24N4O4S. The number of carbonyl (C=O) groups excluding carboxylic acids is 1. The van der Waals surface area contributed by atoms with Crippen molar-refractivity contribution in [2.24, 2.45) is 7.05 Å². The number of hydrogen-bond donors (Lipinski definition) is 0. The molecule has 1 saturated heterocycles. The molecule has 0 N–H and O–H groups in total. The summed E-state index contributed by atoms with van der Waals surface area (Å²) in [5.41, 5.74) is 0. The van der Waals surface area contributed by atoms with Crippen molar-refractivity contribution in [3.63, 3.8) is 0 Å². The molecule has 0 saturated carbocycles. The SMILES string of the molecule is Cn1nccc1N1CCC[C@@H](N(CCOc2ccccc2)S(C)(=O)=O)C1=O. The minimum atomic E-state index is -3.57. The normalized spacial score (nSPS) is 18.1. The van der Waals surface area contributed by atoms with Crippen LogP contribution in [0.5, 0.6) is 5.75 Å². The van der Waals surface area contributed by atoms with E-state index in [1.54, 1.807) is 41.0 Å². The molecule has 9 heteroatoms. The predicted molar refractivity (Wildman–Crippen MR) is 102 cm³/mol. The molecule has 1 fully saturated rings. The van der Waals surface area contributed by atoms with E-state index in [1.165, 1.54) is 4.31 Å². The number of piperidine rings is 1. The van der Waals surface area contributed by atoms with E-state index < -0.39 is 16.1 Å². The highest BCUT2D eigenvalue weighted by molar-refractivity contribution is 7.88. The number of anilines is 1. The summed E-state index contributed by atoms with van der Waals surface area (Å²) in [5, 5.41) is 4.10. The lowest BCUT2D eigenvalue weighted by Gasteiger charge is -2.37. The van der Waals surface area contributed by atoms with Gasteiger partial charge in [-0.2, -0.15) is 9.40 Å². The Bertz CT molecular complexity index is 882. The smallest absolute Gasteiger partial charge is 0.246 e. The molecule has 0 spiro atoms. The maximum absolute atomic E-state index is 13.0. The van der Waals surface area contributed by atoms with Crippen LogP contribution in [0.25, 0.3) is 0 Å². The van der Waals surface area contributed by atoms with Crippen LogP contribution in [0.15, 0.2) is 42.6 Å². The van der Waals surface area contributed by atoms with Crippen LogP contribution in [-0.4, -0.2) is 60.4 Å². The summed E-state index contributed by atoms with van der Waals surface area (Å²) in [6.45, 7) is 0.836. The first-order valence-corrected chi connectivity index (χ1v) is 10.7. The van der Waals surface area contributed by atoms with Crippen molar-refractivity contribution < 1.29 is 17.9 Å². The molecule has 1 aliphatic rings. The average Bonchev–Trinajstić information content (AvgIpc) is 3.05. The van der Waals surface area contributed by atoms with Gasteiger partial charge in [0, 0.05) is 26.2 Å². The van der Waals surface area contributed by atoms with E-state index in [4.69, 9.17) is 4.74 Å². The third-order valence-electron chi connectivity index (χ3n) is 4.58. The van der Waals surface area contributed by atoms with Gasteiger partial charge >= 0.3 is 0 Å². The first-order valence-electron chi connectivity index (χ1n) is 8.82. The first kappa shape index (κ1) is 19.4. The van der Waals surface area contributed by atoms with Gasteiger partial charge in [-0.15, -0.1) is 0 Å². The highest BCUT2D eigenvalue weighted by atomic mass is 32.2. The number of benzene rings is 1. The zero-order valence-corrected chi connectivity index (χ0v) is 16.3. The van der Waals surface area contributed by atoms with Crippen LogP contribution in [0, 0.1) is 0 Å². The predicted octanol–water partition coefficient (Wildman–Crippen LogP) is 1.26. The molecule has 2 heterocycles. The van der Waals surface area contributed by atoms with E-state index in [9.17, 15) is 13.2 Å². The third kappa shape index (κ3) is 4.48. The molecule has 0 radical (unpaired) electrons. The number of hydrogen-bond acceptors (Lipinski definition) is 5. The second-order valence-electron chi connectivity index (χ2n) is 6.50. The zero-order valence-electron chi connectivity index (χ0n) is 15.5. The fraction of sp³-hybridized carbons (Fsp3) is 0.444. The number of amides is 1. The first-order chi connectivity index (χ1) is 12.9. The summed E-state index contributed by atoms with van der Waals surface area (Å²) < 4.78 is 33.2. The van der Waals surface area contributed by atoms with Gasteiger partial charge in [0.05, 0.1) is 12.5 Å². The van der Waals surface area contributed by atoms with Crippen LogP contribution >= 0.6 is 0 Å². The summed E-state index contributed by atoms with van der Waals surface area (Å²) >= 11 is 0. The van der Waals surface area contributed by atoms with Crippen LogP contribution < -0.4 is 9.64 Å². The van der Waals surface area contributed by atoms with Crippen molar-refractivity contribution in [1.82, 2.24) is 14.1 Å². The van der Waals surface area contributed by atoms with Gasteiger partial charge in [-0.25, -0.2) is 8.42 Å². The third-order valence-corrected chi connectivity index (χ3v) is 5.87. The molecule has 0 unspecified atom stereocenters. The van der Waals surface area contributed by atoms with Gasteiger partial charge < -0.3 is 4.74 Å². The van der Waals surface area contributed by atoms with Crippen molar-refractivity contribution >= 4 is 21.7 Å². The lowest BCUT2D eigenvalue weighted by molar-refractivity contribution is -0.123. The number of sulfonamides is 1. The van der Waals surface area contributed by atoms with Crippen molar-refractivity contribution in [3.8, 4) is 5.75 Å². The highest BCUT2D eigenvalue weighted by Crippen LogP contribution is 2.24. The van der Waals surface area contributed by atoms with Gasteiger partial charge in [0.2, 0.25) is 15.9 Å². The number of nitrogens with zero attached hydrogens (tertiary/aromatic N) is 4. The van der Waals surface area contributed by atoms with Gasteiger partial charge in [0.1, 0.15) is 24.2 Å². The summed E-state index contributed by atoms with van der Waals surface area (Å²) in [6.07, 6.45) is 3.96. The second-order valence-corrected chi connectivity index (χ2v) is 8.43. The molecule has 1 aliphatic heterocycles. The van der Waals surface area contributed by atoms with E-state index in [2.05, 4.69) is 5.10 Å². The number of carbonyl (C=O) groups is 1. The van der Waals surface area contributed by atoms with Gasteiger partial charge in [-0.05, 0) is 25.0 Å². The standard InChI is InChI=1S/C18H24N4O4S/c1-20-17(10-11-19-20)21-12-6-9-16(18(21)23)22(27(2,24)25)13-14-26-15-7-4-3-5-8-15/h3-5,7-8,10-11,16H,6,9,12-14H2,1-2H3/t16-/m1/s1. The second kappa shape index (κ2) is 8.10. The Morgan fingerprint density at radius 2 is 2.00 bits per heavy atom. The molecule has 1 aromatic carbocycles. The molecule has 1 amide bonds. The Hall–Kier alpha value is -2.39. The number of rotatable bonds is 7.